The van der Waals surface area contributed by atoms with Gasteiger partial charge >= 0.3 is 0 Å². The third-order valence-corrected chi connectivity index (χ3v) is 4.28. The number of nitrogens with zero attached hydrogens (tertiary/aromatic N) is 2. The van der Waals surface area contributed by atoms with Gasteiger partial charge in [-0.05, 0) is 38.2 Å². The fourth-order valence-corrected chi connectivity index (χ4v) is 3.07. The molecule has 126 valence electrons. The Balaban J connectivity index is 1.75. The summed E-state index contributed by atoms with van der Waals surface area (Å²) in [5, 5.41) is 11.0. The van der Waals surface area contributed by atoms with Crippen molar-refractivity contribution in [2.24, 2.45) is 0 Å². The summed E-state index contributed by atoms with van der Waals surface area (Å²) in [6, 6.07) is 11.4. The van der Waals surface area contributed by atoms with Crippen LogP contribution in [0.2, 0.25) is 0 Å². The lowest BCUT2D eigenvalue weighted by molar-refractivity contribution is 0.399. The van der Waals surface area contributed by atoms with E-state index >= 15 is 0 Å². The number of hydrogen-bond donors (Lipinski definition) is 2. The lowest BCUT2D eigenvalue weighted by Gasteiger charge is -2.27. The minimum atomic E-state index is -0.282. The molecule has 2 N–H and O–H groups in total. The van der Waals surface area contributed by atoms with E-state index in [2.05, 4.69) is 20.8 Å². The predicted molar refractivity (Wildman–Crippen MR) is 97.4 cm³/mol. The molecule has 4 rings (SSSR count). The van der Waals surface area contributed by atoms with Crippen molar-refractivity contribution in [3.05, 3.63) is 65.6 Å². The molecule has 1 aliphatic rings. The largest absolute Gasteiger partial charge is 0.467 e. The Morgan fingerprint density at radius 1 is 1.12 bits per heavy atom. The van der Waals surface area contributed by atoms with Gasteiger partial charge in [0.2, 0.25) is 5.82 Å². The standard InChI is InChI=1S/C18H16N4O2S/c1-10-5-7-12(8-6-10)16-21-17(24-22-16)14-11(2)19-18(25)20-15(14)13-4-3-9-23-13/h3-9,15H,1-2H3,(H2,19,20,25)/t15-/m0/s1. The van der Waals surface area contributed by atoms with E-state index in [0.29, 0.717) is 16.8 Å². The van der Waals surface area contributed by atoms with Crippen LogP contribution < -0.4 is 10.6 Å². The molecule has 0 saturated carbocycles. The summed E-state index contributed by atoms with van der Waals surface area (Å²) in [5.74, 6) is 1.70. The molecule has 0 fully saturated rings. The van der Waals surface area contributed by atoms with Gasteiger partial charge in [-0.3, -0.25) is 0 Å². The molecule has 0 amide bonds. The second-order valence-electron chi connectivity index (χ2n) is 5.87. The maximum atomic E-state index is 5.55. The molecular weight excluding hydrogens is 336 g/mol. The molecule has 0 bridgehead atoms. The van der Waals surface area contributed by atoms with E-state index in [1.807, 2.05) is 50.2 Å². The average molecular weight is 352 g/mol. The van der Waals surface area contributed by atoms with Crippen LogP contribution >= 0.6 is 12.2 Å². The number of aryl methyl sites for hydroxylation is 1. The normalized spacial score (nSPS) is 17.4. The van der Waals surface area contributed by atoms with Crippen molar-refractivity contribution in [2.45, 2.75) is 19.9 Å². The first-order chi connectivity index (χ1) is 12.1. The summed E-state index contributed by atoms with van der Waals surface area (Å²) in [5.41, 5.74) is 3.75. The maximum absolute atomic E-state index is 5.55. The molecule has 1 atom stereocenters. The zero-order valence-corrected chi connectivity index (χ0v) is 14.6. The van der Waals surface area contributed by atoms with Crippen LogP contribution in [-0.2, 0) is 0 Å². The van der Waals surface area contributed by atoms with E-state index in [-0.39, 0.29) is 6.04 Å². The zero-order chi connectivity index (χ0) is 17.4. The lowest BCUT2D eigenvalue weighted by atomic mass is 10.0. The molecule has 0 unspecified atom stereocenters. The van der Waals surface area contributed by atoms with Crippen molar-refractivity contribution >= 4 is 22.9 Å². The van der Waals surface area contributed by atoms with E-state index in [1.165, 1.54) is 5.56 Å². The third kappa shape index (κ3) is 2.94. The number of allylic oxidation sites excluding steroid dienone is 1. The highest BCUT2D eigenvalue weighted by Gasteiger charge is 2.31. The van der Waals surface area contributed by atoms with Crippen LogP contribution in [0, 0.1) is 6.92 Å². The van der Waals surface area contributed by atoms with Crippen LogP contribution in [0.3, 0.4) is 0 Å². The third-order valence-electron chi connectivity index (χ3n) is 4.06. The van der Waals surface area contributed by atoms with Crippen LogP contribution in [0.4, 0.5) is 0 Å². The van der Waals surface area contributed by atoms with E-state index < -0.39 is 0 Å². The van der Waals surface area contributed by atoms with Crippen molar-refractivity contribution in [1.29, 1.82) is 0 Å². The summed E-state index contributed by atoms with van der Waals surface area (Å²) < 4.78 is 11.1. The number of furan rings is 1. The van der Waals surface area contributed by atoms with Crippen molar-refractivity contribution < 1.29 is 8.94 Å². The minimum absolute atomic E-state index is 0.282. The quantitative estimate of drug-likeness (QED) is 0.698. The highest BCUT2D eigenvalue weighted by atomic mass is 32.1. The summed E-state index contributed by atoms with van der Waals surface area (Å²) in [6.45, 7) is 3.96. The first kappa shape index (κ1) is 15.6. The molecule has 7 heteroatoms. The second-order valence-corrected chi connectivity index (χ2v) is 6.28. The molecule has 0 spiro atoms. The van der Waals surface area contributed by atoms with Gasteiger partial charge in [-0.15, -0.1) is 0 Å². The van der Waals surface area contributed by atoms with Gasteiger partial charge in [-0.25, -0.2) is 0 Å². The minimum Gasteiger partial charge on any atom is -0.467 e. The van der Waals surface area contributed by atoms with Crippen LogP contribution in [0.1, 0.15) is 30.2 Å². The summed E-state index contributed by atoms with van der Waals surface area (Å²) in [4.78, 5) is 4.57. The van der Waals surface area contributed by atoms with Crippen LogP contribution in [-0.4, -0.2) is 15.3 Å². The number of nitrogens with one attached hydrogen (secondary N) is 2. The number of aromatic nitrogens is 2. The van der Waals surface area contributed by atoms with Gasteiger partial charge in [0, 0.05) is 11.3 Å². The number of benzene rings is 1. The molecular formula is C18H16N4O2S. The first-order valence-electron chi connectivity index (χ1n) is 7.84. The molecule has 25 heavy (non-hydrogen) atoms. The average Bonchev–Trinajstić information content (AvgIpc) is 3.26. The monoisotopic (exact) mass is 352 g/mol. The summed E-state index contributed by atoms with van der Waals surface area (Å²) >= 11 is 5.27. The van der Waals surface area contributed by atoms with Gasteiger partial charge in [0.1, 0.15) is 11.8 Å². The zero-order valence-electron chi connectivity index (χ0n) is 13.7. The van der Waals surface area contributed by atoms with Crippen molar-refractivity contribution in [1.82, 2.24) is 20.8 Å². The van der Waals surface area contributed by atoms with Gasteiger partial charge in [0.25, 0.3) is 5.89 Å². The fourth-order valence-electron chi connectivity index (χ4n) is 2.80. The highest BCUT2D eigenvalue weighted by Crippen LogP contribution is 2.34. The Bertz CT molecular complexity index is 942. The maximum Gasteiger partial charge on any atom is 0.258 e. The Morgan fingerprint density at radius 2 is 1.92 bits per heavy atom. The molecule has 0 aliphatic carbocycles. The summed E-state index contributed by atoms with van der Waals surface area (Å²) in [7, 11) is 0. The molecule has 2 aromatic heterocycles. The Kier molecular flexibility index (Phi) is 3.85. The van der Waals surface area contributed by atoms with E-state index in [9.17, 15) is 0 Å². The Labute approximate surface area is 149 Å². The smallest absolute Gasteiger partial charge is 0.258 e. The van der Waals surface area contributed by atoms with Crippen LogP contribution in [0.5, 0.6) is 0 Å². The highest BCUT2D eigenvalue weighted by molar-refractivity contribution is 7.80. The van der Waals surface area contributed by atoms with E-state index in [1.54, 1.807) is 6.26 Å². The first-order valence-corrected chi connectivity index (χ1v) is 8.25. The number of rotatable bonds is 3. The van der Waals surface area contributed by atoms with E-state index in [4.69, 9.17) is 21.2 Å². The topological polar surface area (TPSA) is 76.1 Å². The van der Waals surface area contributed by atoms with Crippen LogP contribution in [0.25, 0.3) is 17.0 Å². The molecule has 0 radical (unpaired) electrons. The molecule has 1 aliphatic heterocycles. The molecule has 3 aromatic rings. The van der Waals surface area contributed by atoms with Crippen molar-refractivity contribution in [2.75, 3.05) is 0 Å². The number of hydrogen-bond acceptors (Lipinski definition) is 5. The van der Waals surface area contributed by atoms with E-state index in [0.717, 1.165) is 22.6 Å². The SMILES string of the molecule is CC1=C(c2nc(-c3ccc(C)cc3)no2)[C@H](c2ccco2)NC(=S)N1. The predicted octanol–water partition coefficient (Wildman–Crippen LogP) is 3.59. The second kappa shape index (κ2) is 6.18. The molecule has 6 nitrogen and oxygen atoms in total. The van der Waals surface area contributed by atoms with Gasteiger partial charge < -0.3 is 19.6 Å². The fraction of sp³-hybridized carbons (Fsp3) is 0.167. The Hall–Kier alpha value is -2.93. The van der Waals surface area contributed by atoms with Crippen molar-refractivity contribution in [3.63, 3.8) is 0 Å². The van der Waals surface area contributed by atoms with Crippen LogP contribution in [0.15, 0.2) is 57.3 Å². The molecule has 0 saturated heterocycles. The number of thiocarbonyl (C=S) groups is 1. The molecule has 3 heterocycles. The van der Waals surface area contributed by atoms with Gasteiger partial charge in [0.15, 0.2) is 5.11 Å². The molecule has 1 aromatic carbocycles. The Morgan fingerprint density at radius 3 is 2.64 bits per heavy atom. The summed E-state index contributed by atoms with van der Waals surface area (Å²) in [6.07, 6.45) is 1.63. The van der Waals surface area contributed by atoms with Gasteiger partial charge in [0.05, 0.1) is 11.8 Å². The lowest BCUT2D eigenvalue weighted by Crippen LogP contribution is -2.42. The van der Waals surface area contributed by atoms with Gasteiger partial charge in [-0.2, -0.15) is 4.98 Å². The van der Waals surface area contributed by atoms with Gasteiger partial charge in [-0.1, -0.05) is 35.0 Å². The van der Waals surface area contributed by atoms with Crippen molar-refractivity contribution in [3.8, 4) is 11.4 Å².